The zero-order valence-corrected chi connectivity index (χ0v) is 15.5. The van der Waals surface area contributed by atoms with Gasteiger partial charge >= 0.3 is 0 Å². The van der Waals surface area contributed by atoms with Crippen LogP contribution >= 0.6 is 0 Å². The van der Waals surface area contributed by atoms with Gasteiger partial charge in [0.25, 0.3) is 0 Å². The van der Waals surface area contributed by atoms with Crippen molar-refractivity contribution in [2.24, 2.45) is 5.73 Å². The molecule has 0 bridgehead atoms. The fraction of sp³-hybridized carbons (Fsp3) is 0.125. The summed E-state index contributed by atoms with van der Waals surface area (Å²) in [6, 6.07) is 30.9. The molecule has 0 saturated heterocycles. The maximum Gasteiger partial charge on any atom is 0.140 e. The summed E-state index contributed by atoms with van der Waals surface area (Å²) in [6.07, 6.45) is 2.78. The van der Waals surface area contributed by atoms with E-state index in [1.165, 1.54) is 0 Å². The van der Waals surface area contributed by atoms with Gasteiger partial charge in [0, 0.05) is 18.9 Å². The first-order valence-corrected chi connectivity index (χ1v) is 9.37. The summed E-state index contributed by atoms with van der Waals surface area (Å²) in [5.41, 5.74) is 8.34. The highest BCUT2D eigenvalue weighted by molar-refractivity contribution is 5.51. The Labute approximate surface area is 164 Å². The van der Waals surface area contributed by atoms with Crippen LogP contribution in [-0.4, -0.2) is 21.2 Å². The first-order valence-electron chi connectivity index (χ1n) is 9.37. The molecule has 1 atom stereocenters. The second-order valence-corrected chi connectivity index (χ2v) is 6.72. The monoisotopic (exact) mass is 369 g/mol. The highest BCUT2D eigenvalue weighted by atomic mass is 16.3. The Morgan fingerprint density at radius 1 is 0.786 bits per heavy atom. The van der Waals surface area contributed by atoms with E-state index in [0.29, 0.717) is 5.82 Å². The number of hydrogen-bond donors (Lipinski definition) is 2. The number of hydrogen-bond acceptors (Lipinski definition) is 3. The third kappa shape index (κ3) is 2.93. The Balaban J connectivity index is 2.13. The molecule has 0 spiro atoms. The maximum atomic E-state index is 10.6. The summed E-state index contributed by atoms with van der Waals surface area (Å²) in [6.45, 7) is 0.103. The van der Waals surface area contributed by atoms with Crippen LogP contribution in [0.5, 0.6) is 0 Å². The van der Waals surface area contributed by atoms with Crippen LogP contribution in [0.4, 0.5) is 0 Å². The molecule has 0 aliphatic rings. The Morgan fingerprint density at radius 2 is 1.21 bits per heavy atom. The SMILES string of the molecule is NCC(O)c1nccn1C(c1ccccc1)(c1ccccc1)c1ccccc1. The van der Waals surface area contributed by atoms with Gasteiger partial charge in [0.1, 0.15) is 17.5 Å². The number of nitrogens with two attached hydrogens (primary N) is 1. The molecular formula is C24H23N3O. The second kappa shape index (κ2) is 7.80. The van der Waals surface area contributed by atoms with E-state index in [0.717, 1.165) is 16.7 Å². The fourth-order valence-corrected chi connectivity index (χ4v) is 3.91. The number of imidazole rings is 1. The van der Waals surface area contributed by atoms with E-state index >= 15 is 0 Å². The van der Waals surface area contributed by atoms with Gasteiger partial charge in [-0.15, -0.1) is 0 Å². The molecule has 3 aromatic carbocycles. The highest BCUT2D eigenvalue weighted by Crippen LogP contribution is 2.42. The molecule has 4 nitrogen and oxygen atoms in total. The van der Waals surface area contributed by atoms with Crippen LogP contribution in [-0.2, 0) is 5.54 Å². The third-order valence-electron chi connectivity index (χ3n) is 5.13. The minimum absolute atomic E-state index is 0.103. The van der Waals surface area contributed by atoms with Gasteiger partial charge < -0.3 is 15.4 Å². The van der Waals surface area contributed by atoms with Crippen molar-refractivity contribution in [2.75, 3.05) is 6.54 Å². The largest absolute Gasteiger partial charge is 0.384 e. The van der Waals surface area contributed by atoms with Crippen molar-refractivity contribution in [2.45, 2.75) is 11.6 Å². The summed E-state index contributed by atoms with van der Waals surface area (Å²) >= 11 is 0. The number of aliphatic hydroxyl groups excluding tert-OH is 1. The van der Waals surface area contributed by atoms with Gasteiger partial charge in [0.15, 0.2) is 0 Å². The molecule has 4 heteroatoms. The van der Waals surface area contributed by atoms with Crippen LogP contribution in [0.1, 0.15) is 28.6 Å². The molecule has 0 saturated carbocycles. The van der Waals surface area contributed by atoms with Crippen LogP contribution in [0.15, 0.2) is 103 Å². The molecule has 1 unspecified atom stereocenters. The Morgan fingerprint density at radius 3 is 1.61 bits per heavy atom. The van der Waals surface area contributed by atoms with Gasteiger partial charge in [-0.1, -0.05) is 91.0 Å². The minimum atomic E-state index is -0.856. The number of benzene rings is 3. The zero-order chi connectivity index (χ0) is 19.4. The van der Waals surface area contributed by atoms with Crippen molar-refractivity contribution < 1.29 is 5.11 Å². The molecular weight excluding hydrogens is 346 g/mol. The average Bonchev–Trinajstić information content (AvgIpc) is 3.26. The molecule has 0 radical (unpaired) electrons. The molecule has 0 aliphatic carbocycles. The van der Waals surface area contributed by atoms with Crippen molar-refractivity contribution in [3.05, 3.63) is 126 Å². The van der Waals surface area contributed by atoms with E-state index in [9.17, 15) is 5.11 Å². The molecule has 3 N–H and O–H groups in total. The summed E-state index contributed by atoms with van der Waals surface area (Å²) in [7, 11) is 0. The molecule has 140 valence electrons. The van der Waals surface area contributed by atoms with Crippen molar-refractivity contribution in [1.29, 1.82) is 0 Å². The van der Waals surface area contributed by atoms with Gasteiger partial charge in [-0.05, 0) is 16.7 Å². The van der Waals surface area contributed by atoms with E-state index in [1.807, 2.05) is 65.4 Å². The van der Waals surface area contributed by atoms with Gasteiger partial charge in [-0.3, -0.25) is 0 Å². The summed E-state index contributed by atoms with van der Waals surface area (Å²) < 4.78 is 2.05. The van der Waals surface area contributed by atoms with Crippen LogP contribution in [0.2, 0.25) is 0 Å². The van der Waals surface area contributed by atoms with Crippen molar-refractivity contribution in [3.8, 4) is 0 Å². The summed E-state index contributed by atoms with van der Waals surface area (Å²) in [4.78, 5) is 4.46. The van der Waals surface area contributed by atoms with Crippen molar-refractivity contribution in [3.63, 3.8) is 0 Å². The van der Waals surface area contributed by atoms with Crippen LogP contribution in [0.3, 0.4) is 0 Å². The van der Waals surface area contributed by atoms with E-state index < -0.39 is 11.6 Å². The molecule has 0 aliphatic heterocycles. The molecule has 0 fully saturated rings. The lowest BCUT2D eigenvalue weighted by molar-refractivity contribution is 0.168. The van der Waals surface area contributed by atoms with E-state index in [1.54, 1.807) is 6.20 Å². The van der Waals surface area contributed by atoms with Crippen molar-refractivity contribution in [1.82, 2.24) is 9.55 Å². The topological polar surface area (TPSA) is 64.1 Å². The van der Waals surface area contributed by atoms with Gasteiger partial charge in [-0.2, -0.15) is 0 Å². The van der Waals surface area contributed by atoms with Gasteiger partial charge in [0.2, 0.25) is 0 Å². The quantitative estimate of drug-likeness (QED) is 0.509. The molecule has 1 heterocycles. The first kappa shape index (κ1) is 18.2. The third-order valence-corrected chi connectivity index (χ3v) is 5.13. The standard InChI is InChI=1S/C24H23N3O/c25-18-22(28)23-26-16-17-27(23)24(19-10-4-1-5-11-19,20-12-6-2-7-13-20)21-14-8-3-9-15-21/h1-17,22,28H,18,25H2. The predicted octanol–water partition coefficient (Wildman–Crippen LogP) is 3.72. The van der Waals surface area contributed by atoms with E-state index in [4.69, 9.17) is 5.73 Å². The summed E-state index contributed by atoms with van der Waals surface area (Å²) in [5, 5.41) is 10.6. The molecule has 0 amide bonds. The lowest BCUT2D eigenvalue weighted by Crippen LogP contribution is -2.39. The average molecular weight is 369 g/mol. The van der Waals surface area contributed by atoms with Crippen molar-refractivity contribution >= 4 is 0 Å². The predicted molar refractivity (Wildman–Crippen MR) is 111 cm³/mol. The minimum Gasteiger partial charge on any atom is -0.384 e. The summed E-state index contributed by atoms with van der Waals surface area (Å²) in [5.74, 6) is 0.541. The number of aromatic nitrogens is 2. The fourth-order valence-electron chi connectivity index (χ4n) is 3.91. The van der Waals surface area contributed by atoms with Crippen LogP contribution < -0.4 is 5.73 Å². The smallest absolute Gasteiger partial charge is 0.140 e. The lowest BCUT2D eigenvalue weighted by atomic mass is 9.76. The Bertz CT molecular complexity index is 917. The molecule has 1 aromatic heterocycles. The van der Waals surface area contributed by atoms with E-state index in [2.05, 4.69) is 41.4 Å². The zero-order valence-electron chi connectivity index (χ0n) is 15.5. The van der Waals surface area contributed by atoms with E-state index in [-0.39, 0.29) is 6.54 Å². The number of nitrogens with zero attached hydrogens (tertiary/aromatic N) is 2. The Kier molecular flexibility index (Phi) is 5.06. The first-order chi connectivity index (χ1) is 13.8. The second-order valence-electron chi connectivity index (χ2n) is 6.72. The van der Waals surface area contributed by atoms with Gasteiger partial charge in [-0.25, -0.2) is 4.98 Å². The molecule has 28 heavy (non-hydrogen) atoms. The number of rotatable bonds is 6. The molecule has 4 aromatic rings. The number of aliphatic hydroxyl groups is 1. The van der Waals surface area contributed by atoms with Crippen LogP contribution in [0, 0.1) is 0 Å². The lowest BCUT2D eigenvalue weighted by Gasteiger charge is -2.39. The normalized spacial score (nSPS) is 12.6. The maximum absolute atomic E-state index is 10.6. The van der Waals surface area contributed by atoms with Gasteiger partial charge in [0.05, 0.1) is 0 Å². The Hall–Kier alpha value is -3.21. The van der Waals surface area contributed by atoms with Crippen LogP contribution in [0.25, 0.3) is 0 Å². The highest BCUT2D eigenvalue weighted by Gasteiger charge is 2.40. The molecule has 4 rings (SSSR count).